The molecule has 0 spiro atoms. The van der Waals surface area contributed by atoms with Crippen molar-refractivity contribution < 1.29 is 22.7 Å². The predicted molar refractivity (Wildman–Crippen MR) is 120 cm³/mol. The Morgan fingerprint density at radius 2 is 1.71 bits per heavy atom. The summed E-state index contributed by atoms with van der Waals surface area (Å²) in [6.45, 7) is 4.37. The molecular weight excluding hydrogens is 416 g/mol. The molecule has 168 valence electrons. The fourth-order valence-corrected chi connectivity index (χ4v) is 5.68. The molecule has 0 aliphatic carbocycles. The van der Waals surface area contributed by atoms with Gasteiger partial charge in [-0.2, -0.15) is 4.31 Å². The maximum absolute atomic E-state index is 13.4. The van der Waals surface area contributed by atoms with Crippen LogP contribution >= 0.6 is 0 Å². The fourth-order valence-electron chi connectivity index (χ4n) is 4.01. The number of hydrogen-bond acceptors (Lipinski definition) is 5. The van der Waals surface area contributed by atoms with E-state index in [0.717, 1.165) is 29.7 Å². The number of para-hydroxylation sites is 1. The third-order valence-electron chi connectivity index (χ3n) is 5.71. The Morgan fingerprint density at radius 3 is 2.29 bits per heavy atom. The number of rotatable bonds is 8. The molecule has 8 heteroatoms. The van der Waals surface area contributed by atoms with Gasteiger partial charge >= 0.3 is 0 Å². The number of methoxy groups -OCH3 is 2. The van der Waals surface area contributed by atoms with Gasteiger partial charge in [-0.3, -0.25) is 4.79 Å². The van der Waals surface area contributed by atoms with Crippen molar-refractivity contribution >= 4 is 21.6 Å². The maximum Gasteiger partial charge on any atom is 0.243 e. The summed E-state index contributed by atoms with van der Waals surface area (Å²) >= 11 is 0. The van der Waals surface area contributed by atoms with E-state index in [0.29, 0.717) is 30.9 Å². The highest BCUT2D eigenvalue weighted by Crippen LogP contribution is 2.33. The van der Waals surface area contributed by atoms with Gasteiger partial charge in [0.25, 0.3) is 0 Å². The molecule has 1 atom stereocenters. The molecule has 7 nitrogen and oxygen atoms in total. The molecular formula is C23H30N2O5S. The van der Waals surface area contributed by atoms with Crippen LogP contribution < -0.4 is 14.8 Å². The van der Waals surface area contributed by atoms with E-state index in [9.17, 15) is 13.2 Å². The first-order chi connectivity index (χ1) is 14.9. The summed E-state index contributed by atoms with van der Waals surface area (Å²) < 4.78 is 38.5. The monoisotopic (exact) mass is 446 g/mol. The number of amides is 1. The molecule has 0 saturated carbocycles. The highest BCUT2D eigenvalue weighted by atomic mass is 32.2. The van der Waals surface area contributed by atoms with Crippen LogP contribution in [-0.4, -0.2) is 45.4 Å². The standard InChI is InChI=1S/C23H30N2O5S/c1-5-16-9-7-10-17(6-2)22(16)24-23(26)19-11-8-14-25(19)31(27,28)18-12-13-20(29-3)21(15-18)30-4/h7,9-10,12-13,15,19H,5-6,8,11,14H2,1-4H3,(H,24,26). The number of anilines is 1. The summed E-state index contributed by atoms with van der Waals surface area (Å²) in [7, 11) is -0.930. The third-order valence-corrected chi connectivity index (χ3v) is 7.62. The van der Waals surface area contributed by atoms with Crippen LogP contribution in [0.3, 0.4) is 0 Å². The number of carbonyl (C=O) groups excluding carboxylic acids is 1. The van der Waals surface area contributed by atoms with E-state index in [-0.39, 0.29) is 10.8 Å². The van der Waals surface area contributed by atoms with Gasteiger partial charge < -0.3 is 14.8 Å². The molecule has 2 aromatic carbocycles. The molecule has 0 bridgehead atoms. The quantitative estimate of drug-likeness (QED) is 0.669. The van der Waals surface area contributed by atoms with Crippen molar-refractivity contribution in [2.75, 3.05) is 26.1 Å². The van der Waals surface area contributed by atoms with Crippen molar-refractivity contribution in [1.29, 1.82) is 0 Å². The molecule has 1 aliphatic heterocycles. The van der Waals surface area contributed by atoms with Gasteiger partial charge in [0.15, 0.2) is 11.5 Å². The number of aryl methyl sites for hydroxylation is 2. The zero-order chi connectivity index (χ0) is 22.6. The van der Waals surface area contributed by atoms with E-state index in [1.807, 2.05) is 32.0 Å². The maximum atomic E-state index is 13.4. The smallest absolute Gasteiger partial charge is 0.243 e. The van der Waals surface area contributed by atoms with Crippen molar-refractivity contribution in [2.24, 2.45) is 0 Å². The highest BCUT2D eigenvalue weighted by molar-refractivity contribution is 7.89. The Hall–Kier alpha value is -2.58. The second kappa shape index (κ2) is 9.70. The summed E-state index contributed by atoms with van der Waals surface area (Å²) in [4.78, 5) is 13.3. The topological polar surface area (TPSA) is 84.9 Å². The summed E-state index contributed by atoms with van der Waals surface area (Å²) in [6, 6.07) is 9.67. The molecule has 1 unspecified atom stereocenters. The number of ether oxygens (including phenoxy) is 2. The Morgan fingerprint density at radius 1 is 1.06 bits per heavy atom. The van der Waals surface area contributed by atoms with Crippen LogP contribution in [0.4, 0.5) is 5.69 Å². The Bertz CT molecular complexity index is 1030. The van der Waals surface area contributed by atoms with Crippen LogP contribution in [0.5, 0.6) is 11.5 Å². The Labute approximate surface area is 184 Å². The first-order valence-electron chi connectivity index (χ1n) is 10.5. The van der Waals surface area contributed by atoms with E-state index in [1.54, 1.807) is 6.07 Å². The SMILES string of the molecule is CCc1cccc(CC)c1NC(=O)C1CCCN1S(=O)(=O)c1ccc(OC)c(OC)c1. The van der Waals surface area contributed by atoms with Gasteiger partial charge in [-0.05, 0) is 48.9 Å². The van der Waals surface area contributed by atoms with E-state index in [4.69, 9.17) is 9.47 Å². The average Bonchev–Trinajstić information content (AvgIpc) is 3.29. The van der Waals surface area contributed by atoms with Gasteiger partial charge in [-0.25, -0.2) is 8.42 Å². The molecule has 31 heavy (non-hydrogen) atoms. The molecule has 2 aromatic rings. The minimum absolute atomic E-state index is 0.0769. The van der Waals surface area contributed by atoms with Gasteiger partial charge in [0.05, 0.1) is 19.1 Å². The van der Waals surface area contributed by atoms with Crippen LogP contribution in [0.25, 0.3) is 0 Å². The van der Waals surface area contributed by atoms with Crippen molar-refractivity contribution in [1.82, 2.24) is 4.31 Å². The third kappa shape index (κ3) is 4.55. The molecule has 1 aliphatic rings. The van der Waals surface area contributed by atoms with Crippen molar-refractivity contribution in [3.05, 3.63) is 47.5 Å². The average molecular weight is 447 g/mol. The molecule has 0 aromatic heterocycles. The molecule has 1 N–H and O–H groups in total. The van der Waals surface area contributed by atoms with Gasteiger partial charge in [0.1, 0.15) is 6.04 Å². The van der Waals surface area contributed by atoms with Crippen molar-refractivity contribution in [2.45, 2.75) is 50.5 Å². The highest BCUT2D eigenvalue weighted by Gasteiger charge is 2.40. The van der Waals surface area contributed by atoms with E-state index in [1.165, 1.54) is 30.7 Å². The zero-order valence-corrected chi connectivity index (χ0v) is 19.3. The molecule has 1 saturated heterocycles. The number of sulfonamides is 1. The number of benzene rings is 2. The lowest BCUT2D eigenvalue weighted by Crippen LogP contribution is -2.43. The normalized spacial score (nSPS) is 16.8. The lowest BCUT2D eigenvalue weighted by molar-refractivity contribution is -0.119. The summed E-state index contributed by atoms with van der Waals surface area (Å²) in [5.41, 5.74) is 2.88. The van der Waals surface area contributed by atoms with E-state index < -0.39 is 16.1 Å². The minimum Gasteiger partial charge on any atom is -0.493 e. The first-order valence-corrected chi connectivity index (χ1v) is 12.0. The largest absolute Gasteiger partial charge is 0.493 e. The van der Waals surface area contributed by atoms with Crippen LogP contribution in [0, 0.1) is 0 Å². The molecule has 0 radical (unpaired) electrons. The number of hydrogen-bond donors (Lipinski definition) is 1. The summed E-state index contributed by atoms with van der Waals surface area (Å²) in [6.07, 6.45) is 2.67. The van der Waals surface area contributed by atoms with Crippen molar-refractivity contribution in [3.8, 4) is 11.5 Å². The van der Waals surface area contributed by atoms with Crippen molar-refractivity contribution in [3.63, 3.8) is 0 Å². The van der Waals surface area contributed by atoms with Gasteiger partial charge in [-0.15, -0.1) is 0 Å². The zero-order valence-electron chi connectivity index (χ0n) is 18.5. The minimum atomic E-state index is -3.88. The predicted octanol–water partition coefficient (Wildman–Crippen LogP) is 3.62. The summed E-state index contributed by atoms with van der Waals surface area (Å²) in [5, 5.41) is 3.03. The Balaban J connectivity index is 1.90. The number of nitrogens with zero attached hydrogens (tertiary/aromatic N) is 1. The molecule has 3 rings (SSSR count). The van der Waals surface area contributed by atoms with Crippen LogP contribution in [-0.2, 0) is 27.7 Å². The van der Waals surface area contributed by atoms with Crippen LogP contribution in [0.2, 0.25) is 0 Å². The Kier molecular flexibility index (Phi) is 7.23. The van der Waals surface area contributed by atoms with Crippen LogP contribution in [0.15, 0.2) is 41.3 Å². The first kappa shape index (κ1) is 23.1. The second-order valence-electron chi connectivity index (χ2n) is 7.44. The fraction of sp³-hybridized carbons (Fsp3) is 0.435. The van der Waals surface area contributed by atoms with E-state index in [2.05, 4.69) is 5.32 Å². The molecule has 1 amide bonds. The molecule has 1 heterocycles. The molecule has 1 fully saturated rings. The number of carbonyl (C=O) groups is 1. The van der Waals surface area contributed by atoms with Gasteiger partial charge in [0.2, 0.25) is 15.9 Å². The second-order valence-corrected chi connectivity index (χ2v) is 9.33. The van der Waals surface area contributed by atoms with Gasteiger partial charge in [0, 0.05) is 18.3 Å². The number of nitrogens with one attached hydrogen (secondary N) is 1. The lowest BCUT2D eigenvalue weighted by Gasteiger charge is -2.25. The lowest BCUT2D eigenvalue weighted by atomic mass is 10.0. The van der Waals surface area contributed by atoms with E-state index >= 15 is 0 Å². The van der Waals surface area contributed by atoms with Crippen LogP contribution in [0.1, 0.15) is 37.8 Å². The van der Waals surface area contributed by atoms with Gasteiger partial charge in [-0.1, -0.05) is 32.0 Å². The summed E-state index contributed by atoms with van der Waals surface area (Å²) in [5.74, 6) is 0.478.